The van der Waals surface area contributed by atoms with Gasteiger partial charge >= 0.3 is 0 Å². The molecular weight excluding hydrogens is 817 g/mol. The predicted octanol–water partition coefficient (Wildman–Crippen LogP) is 5.97. The Balaban J connectivity index is 1.17. The summed E-state index contributed by atoms with van der Waals surface area (Å²) in [6.07, 6.45) is 6.03. The van der Waals surface area contributed by atoms with Crippen molar-refractivity contribution in [2.24, 2.45) is 0 Å². The Morgan fingerprint density at radius 2 is 0.812 bits per heavy atom. The molecule has 4 heterocycles. The van der Waals surface area contributed by atoms with Gasteiger partial charge in [0, 0.05) is 127 Å². The standard InChI is InChI=1S/C52H62N8O3S/c1-41-4-22-50(23-5-41)64(61,62)63-52(44-10-18-48(19-11-44)59-37-29-55-30-38-59,45-12-20-49(21-13-45)60-39-31-56-32-40-60)24-2-3-51(42-6-14-46(15-7-42)57-33-25-53-26-34-57)43-8-16-47(17-9-43)58-35-27-54-28-36-58/h2-24,53-56H,25-40H2,1H3. The van der Waals surface area contributed by atoms with Crippen LogP contribution >= 0.6 is 0 Å². The third kappa shape index (κ3) is 10.1. The minimum atomic E-state index is -4.31. The van der Waals surface area contributed by atoms with E-state index in [1.165, 1.54) is 11.4 Å². The molecular formula is C52H62N8O3S. The lowest BCUT2D eigenvalue weighted by molar-refractivity contribution is 0.173. The summed E-state index contributed by atoms with van der Waals surface area (Å²) in [5, 5.41) is 13.8. The summed E-state index contributed by atoms with van der Waals surface area (Å²) in [4.78, 5) is 9.68. The fourth-order valence-corrected chi connectivity index (χ4v) is 10.4. The Morgan fingerprint density at radius 3 is 1.16 bits per heavy atom. The van der Waals surface area contributed by atoms with Crippen LogP contribution in [0.4, 0.5) is 22.7 Å². The van der Waals surface area contributed by atoms with Gasteiger partial charge < -0.3 is 40.9 Å². The summed E-state index contributed by atoms with van der Waals surface area (Å²) in [5.41, 5.74) is 8.61. The van der Waals surface area contributed by atoms with Gasteiger partial charge in [-0.25, -0.2) is 4.18 Å². The number of allylic oxidation sites excluding steroid dienone is 2. The molecule has 5 aromatic rings. The van der Waals surface area contributed by atoms with E-state index in [4.69, 9.17) is 4.18 Å². The molecule has 12 heteroatoms. The van der Waals surface area contributed by atoms with Crippen LogP contribution in [-0.2, 0) is 19.9 Å². The topological polar surface area (TPSA) is 104 Å². The molecule has 11 nitrogen and oxygen atoms in total. The molecule has 0 spiro atoms. The van der Waals surface area contributed by atoms with Gasteiger partial charge in [-0.3, -0.25) is 0 Å². The summed E-state index contributed by atoms with van der Waals surface area (Å²) in [6, 6.07) is 41.1. The fourth-order valence-electron chi connectivity index (χ4n) is 9.28. The van der Waals surface area contributed by atoms with Crippen molar-refractivity contribution in [1.82, 2.24) is 21.3 Å². The van der Waals surface area contributed by atoms with E-state index in [0.717, 1.165) is 138 Å². The number of hydrogen-bond acceptors (Lipinski definition) is 11. The monoisotopic (exact) mass is 878 g/mol. The van der Waals surface area contributed by atoms with Crippen molar-refractivity contribution < 1.29 is 12.6 Å². The van der Waals surface area contributed by atoms with Crippen molar-refractivity contribution in [1.29, 1.82) is 0 Å². The smallest absolute Gasteiger partial charge is 0.298 e. The van der Waals surface area contributed by atoms with E-state index in [2.05, 4.69) is 120 Å². The van der Waals surface area contributed by atoms with E-state index in [1.54, 1.807) is 12.1 Å². The molecule has 64 heavy (non-hydrogen) atoms. The van der Waals surface area contributed by atoms with Gasteiger partial charge in [0.1, 0.15) is 0 Å². The number of aryl methyl sites for hydroxylation is 1. The van der Waals surface area contributed by atoms with Crippen LogP contribution in [0.5, 0.6) is 0 Å². The third-order valence-corrected chi connectivity index (χ3v) is 14.4. The zero-order valence-electron chi connectivity index (χ0n) is 37.0. The van der Waals surface area contributed by atoms with Crippen LogP contribution in [0.15, 0.2) is 144 Å². The molecule has 9 rings (SSSR count). The van der Waals surface area contributed by atoms with Gasteiger partial charge in [-0.15, -0.1) is 0 Å². The second kappa shape index (κ2) is 20.1. The van der Waals surface area contributed by atoms with Crippen LogP contribution in [-0.4, -0.2) is 113 Å². The molecule has 334 valence electrons. The molecule has 0 atom stereocenters. The number of nitrogens with one attached hydrogen (secondary N) is 4. The van der Waals surface area contributed by atoms with E-state index in [-0.39, 0.29) is 4.90 Å². The second-order valence-electron chi connectivity index (χ2n) is 17.2. The molecule has 4 N–H and O–H groups in total. The van der Waals surface area contributed by atoms with Crippen LogP contribution in [0.25, 0.3) is 5.57 Å². The fraction of sp³-hybridized carbons (Fsp3) is 0.346. The Kier molecular flexibility index (Phi) is 13.8. The highest BCUT2D eigenvalue weighted by atomic mass is 32.2. The van der Waals surface area contributed by atoms with Crippen molar-refractivity contribution in [3.63, 3.8) is 0 Å². The van der Waals surface area contributed by atoms with Gasteiger partial charge in [0.2, 0.25) is 0 Å². The highest BCUT2D eigenvalue weighted by molar-refractivity contribution is 7.86. The molecule has 4 aliphatic rings. The third-order valence-electron chi connectivity index (χ3n) is 13.0. The molecule has 0 aromatic heterocycles. The summed E-state index contributed by atoms with van der Waals surface area (Å²) in [7, 11) is -4.31. The van der Waals surface area contributed by atoms with E-state index in [9.17, 15) is 8.42 Å². The van der Waals surface area contributed by atoms with Crippen molar-refractivity contribution in [2.45, 2.75) is 17.4 Å². The lowest BCUT2D eigenvalue weighted by atomic mass is 9.85. The number of piperazine rings is 4. The Bertz CT molecular complexity index is 2330. The molecule has 0 amide bonds. The summed E-state index contributed by atoms with van der Waals surface area (Å²) >= 11 is 0. The number of benzene rings is 5. The molecule has 0 bridgehead atoms. The van der Waals surface area contributed by atoms with Gasteiger partial charge in [0.25, 0.3) is 10.1 Å². The maximum absolute atomic E-state index is 14.7. The summed E-state index contributed by atoms with van der Waals surface area (Å²) in [5.74, 6) is 0. The zero-order chi connectivity index (χ0) is 43.8. The first-order chi connectivity index (χ1) is 31.3. The molecule has 4 fully saturated rings. The number of rotatable bonds is 13. The van der Waals surface area contributed by atoms with Crippen LogP contribution in [0.1, 0.15) is 27.8 Å². The van der Waals surface area contributed by atoms with Gasteiger partial charge in [0.05, 0.1) is 4.90 Å². The molecule has 0 aliphatic carbocycles. The van der Waals surface area contributed by atoms with E-state index < -0.39 is 15.7 Å². The van der Waals surface area contributed by atoms with E-state index >= 15 is 0 Å². The Hall–Kier alpha value is -5.47. The summed E-state index contributed by atoms with van der Waals surface area (Å²) < 4.78 is 36.1. The van der Waals surface area contributed by atoms with Crippen molar-refractivity contribution in [2.75, 3.05) is 124 Å². The minimum Gasteiger partial charge on any atom is -0.369 e. The van der Waals surface area contributed by atoms with Crippen LogP contribution in [0.2, 0.25) is 0 Å². The minimum absolute atomic E-state index is 0.108. The van der Waals surface area contributed by atoms with Gasteiger partial charge in [-0.2, -0.15) is 8.42 Å². The average Bonchev–Trinajstić information content (AvgIpc) is 3.36. The van der Waals surface area contributed by atoms with E-state index in [1.807, 2.05) is 55.5 Å². The maximum Gasteiger partial charge on any atom is 0.298 e. The van der Waals surface area contributed by atoms with Gasteiger partial charge in [0.15, 0.2) is 5.60 Å². The molecule has 0 radical (unpaired) electrons. The highest BCUT2D eigenvalue weighted by Gasteiger charge is 2.39. The Morgan fingerprint density at radius 1 is 0.484 bits per heavy atom. The Labute approximate surface area is 379 Å². The average molecular weight is 879 g/mol. The predicted molar refractivity (Wildman–Crippen MR) is 263 cm³/mol. The molecule has 5 aromatic carbocycles. The van der Waals surface area contributed by atoms with Crippen LogP contribution in [0, 0.1) is 6.92 Å². The lowest BCUT2D eigenvalue weighted by Gasteiger charge is -2.34. The maximum atomic E-state index is 14.7. The molecule has 4 aliphatic heterocycles. The van der Waals surface area contributed by atoms with Crippen LogP contribution < -0.4 is 40.9 Å². The number of anilines is 4. The van der Waals surface area contributed by atoms with Crippen molar-refractivity contribution in [3.8, 4) is 0 Å². The van der Waals surface area contributed by atoms with Gasteiger partial charge in [-0.05, 0) is 101 Å². The molecule has 4 saturated heterocycles. The van der Waals surface area contributed by atoms with Crippen molar-refractivity contribution >= 4 is 38.4 Å². The summed E-state index contributed by atoms with van der Waals surface area (Å²) in [6.45, 7) is 17.0. The van der Waals surface area contributed by atoms with Crippen LogP contribution in [0.3, 0.4) is 0 Å². The SMILES string of the molecule is Cc1ccc(S(=O)(=O)OC(C=CC=C(c2ccc(N3CCNCC3)cc2)c2ccc(N3CCNCC3)cc2)(c2ccc(N3CCNCC3)cc2)c2ccc(N3CCNCC3)cc2)cc1. The molecule has 0 unspecified atom stereocenters. The number of nitrogens with zero attached hydrogens (tertiary/aromatic N) is 4. The normalized spacial score (nSPS) is 17.8. The second-order valence-corrected chi connectivity index (χ2v) is 18.7. The molecule has 0 saturated carbocycles. The first-order valence-corrected chi connectivity index (χ1v) is 24.4. The quantitative estimate of drug-likeness (QED) is 0.0832. The zero-order valence-corrected chi connectivity index (χ0v) is 37.8. The highest BCUT2D eigenvalue weighted by Crippen LogP contribution is 2.41. The van der Waals surface area contributed by atoms with E-state index in [0.29, 0.717) is 11.1 Å². The lowest BCUT2D eigenvalue weighted by Crippen LogP contribution is -2.43. The number of hydrogen-bond donors (Lipinski definition) is 4. The first kappa shape index (κ1) is 43.8. The van der Waals surface area contributed by atoms with Gasteiger partial charge in [-0.1, -0.05) is 78.4 Å². The largest absolute Gasteiger partial charge is 0.369 e. The first-order valence-electron chi connectivity index (χ1n) is 23.0. The van der Waals surface area contributed by atoms with Crippen molar-refractivity contribution in [3.05, 3.63) is 167 Å².